The molecule has 0 aromatic heterocycles. The normalized spacial score (nSPS) is 12.9. The lowest BCUT2D eigenvalue weighted by Crippen LogP contribution is -2.34. The Balaban J connectivity index is 1.09. The Bertz CT molecular complexity index is 2340. The van der Waals surface area contributed by atoms with Crippen molar-refractivity contribution in [1.29, 1.82) is 0 Å². The Labute approximate surface area is 281 Å². The van der Waals surface area contributed by atoms with Crippen molar-refractivity contribution in [3.63, 3.8) is 0 Å². The molecule has 0 spiro atoms. The maximum atomic E-state index is 6.71. The third-order valence-corrected chi connectivity index (χ3v) is 9.85. The van der Waals surface area contributed by atoms with Crippen molar-refractivity contribution >= 4 is 10.8 Å². The second kappa shape index (κ2) is 11.6. The van der Waals surface area contributed by atoms with E-state index in [1.165, 1.54) is 44.2 Å². The van der Waals surface area contributed by atoms with Crippen molar-refractivity contribution in [2.45, 2.75) is 5.41 Å². The minimum absolute atomic E-state index is 0.507. The molecule has 1 nitrogen and oxygen atoms in total. The smallest absolute Gasteiger partial charge is 0.132 e. The molecule has 1 heteroatoms. The molecule has 1 aliphatic heterocycles. The van der Waals surface area contributed by atoms with Gasteiger partial charge in [0.2, 0.25) is 0 Å². The molecule has 0 N–H and O–H groups in total. The van der Waals surface area contributed by atoms with Crippen molar-refractivity contribution in [2.75, 3.05) is 0 Å². The molecule has 0 bridgehead atoms. The topological polar surface area (TPSA) is 9.23 Å². The number of ether oxygens (including phenoxy) is 1. The average molecular weight is 613 g/mol. The van der Waals surface area contributed by atoms with Crippen LogP contribution in [0.25, 0.3) is 44.2 Å². The van der Waals surface area contributed by atoms with Crippen LogP contribution >= 0.6 is 0 Å². The summed E-state index contributed by atoms with van der Waals surface area (Å²) in [6.07, 6.45) is 0. The molecular weight excluding hydrogens is 581 g/mol. The minimum atomic E-state index is -0.507. The zero-order chi connectivity index (χ0) is 31.9. The molecule has 226 valence electrons. The van der Waals surface area contributed by atoms with Gasteiger partial charge in [0, 0.05) is 11.1 Å². The summed E-state index contributed by atoms with van der Waals surface area (Å²) >= 11 is 0. The second-order valence-corrected chi connectivity index (χ2v) is 12.5. The standard InChI is InChI=1S/C47H32O/c1-3-14-39(15-4-1)47(40-16-5-2-6-17-40)43-20-9-10-21-45(43)48-46-32-38(30-31-44(46)47)35-24-22-33(23-25-35)34-26-28-37(29-27-34)42-19-11-13-36-12-7-8-18-41(36)42/h1-32H. The zero-order valence-corrected chi connectivity index (χ0v) is 26.4. The van der Waals surface area contributed by atoms with E-state index in [0.29, 0.717) is 0 Å². The van der Waals surface area contributed by atoms with Crippen LogP contribution < -0.4 is 4.74 Å². The van der Waals surface area contributed by atoms with Gasteiger partial charge in [0.05, 0.1) is 5.41 Å². The molecule has 0 amide bonds. The number of fused-ring (bicyclic) bond motifs is 3. The Kier molecular flexibility index (Phi) is 6.76. The van der Waals surface area contributed by atoms with E-state index >= 15 is 0 Å². The largest absolute Gasteiger partial charge is 0.457 e. The molecule has 8 aromatic carbocycles. The lowest BCUT2D eigenvalue weighted by atomic mass is 9.63. The third-order valence-electron chi connectivity index (χ3n) is 9.85. The van der Waals surface area contributed by atoms with E-state index in [1.54, 1.807) is 0 Å². The van der Waals surface area contributed by atoms with Gasteiger partial charge in [-0.2, -0.15) is 0 Å². The predicted octanol–water partition coefficient (Wildman–Crippen LogP) is 12.3. The average Bonchev–Trinajstić information content (AvgIpc) is 3.17. The van der Waals surface area contributed by atoms with Gasteiger partial charge in [0.25, 0.3) is 0 Å². The Morgan fingerprint density at radius 3 is 1.52 bits per heavy atom. The monoisotopic (exact) mass is 612 g/mol. The molecule has 0 fully saturated rings. The molecule has 0 unspecified atom stereocenters. The first-order valence-corrected chi connectivity index (χ1v) is 16.5. The van der Waals surface area contributed by atoms with E-state index in [1.807, 2.05) is 0 Å². The summed E-state index contributed by atoms with van der Waals surface area (Å²) < 4.78 is 6.71. The van der Waals surface area contributed by atoms with Crippen LogP contribution in [-0.4, -0.2) is 0 Å². The molecule has 0 radical (unpaired) electrons. The van der Waals surface area contributed by atoms with Gasteiger partial charge in [-0.05, 0) is 67.4 Å². The summed E-state index contributed by atoms with van der Waals surface area (Å²) in [5.41, 5.74) is 11.4. The second-order valence-electron chi connectivity index (χ2n) is 12.5. The van der Waals surface area contributed by atoms with Crippen LogP contribution in [0.1, 0.15) is 22.3 Å². The summed E-state index contributed by atoms with van der Waals surface area (Å²) in [7, 11) is 0. The summed E-state index contributed by atoms with van der Waals surface area (Å²) in [6, 6.07) is 69.7. The maximum Gasteiger partial charge on any atom is 0.132 e. The molecule has 9 rings (SSSR count). The summed E-state index contributed by atoms with van der Waals surface area (Å²) in [5, 5.41) is 2.54. The molecule has 0 atom stereocenters. The van der Waals surface area contributed by atoms with Gasteiger partial charge < -0.3 is 4.74 Å². The maximum absolute atomic E-state index is 6.71. The summed E-state index contributed by atoms with van der Waals surface area (Å²) in [5.74, 6) is 1.77. The van der Waals surface area contributed by atoms with Crippen LogP contribution in [-0.2, 0) is 5.41 Å². The highest BCUT2D eigenvalue weighted by Crippen LogP contribution is 2.55. The fourth-order valence-corrected chi connectivity index (χ4v) is 7.56. The fraction of sp³-hybridized carbons (Fsp3) is 0.0213. The molecular formula is C47H32O. The van der Waals surface area contributed by atoms with Crippen molar-refractivity contribution in [3.8, 4) is 44.9 Å². The van der Waals surface area contributed by atoms with E-state index in [9.17, 15) is 0 Å². The van der Waals surface area contributed by atoms with Gasteiger partial charge in [-0.1, -0.05) is 182 Å². The van der Waals surface area contributed by atoms with Crippen molar-refractivity contribution in [2.24, 2.45) is 0 Å². The highest BCUT2D eigenvalue weighted by Gasteiger charge is 2.45. The van der Waals surface area contributed by atoms with Gasteiger partial charge in [-0.3, -0.25) is 0 Å². The minimum Gasteiger partial charge on any atom is -0.457 e. The Morgan fingerprint density at radius 2 is 0.833 bits per heavy atom. The predicted molar refractivity (Wildman–Crippen MR) is 199 cm³/mol. The van der Waals surface area contributed by atoms with Crippen LogP contribution in [0.4, 0.5) is 0 Å². The number of para-hydroxylation sites is 1. The number of benzene rings is 8. The highest BCUT2D eigenvalue weighted by molar-refractivity contribution is 5.96. The summed E-state index contributed by atoms with van der Waals surface area (Å²) in [4.78, 5) is 0. The number of rotatable bonds is 5. The van der Waals surface area contributed by atoms with Crippen LogP contribution in [0, 0.1) is 0 Å². The van der Waals surface area contributed by atoms with E-state index in [2.05, 4.69) is 194 Å². The SMILES string of the molecule is c1ccc(C2(c3ccccc3)c3ccccc3Oc3cc(-c4ccc(-c5ccc(-c6cccc7ccccc67)cc5)cc4)ccc32)cc1. The Hall–Kier alpha value is -6.18. The van der Waals surface area contributed by atoms with Crippen molar-refractivity contribution in [1.82, 2.24) is 0 Å². The van der Waals surface area contributed by atoms with Crippen LogP contribution in [0.15, 0.2) is 194 Å². The van der Waals surface area contributed by atoms with Crippen LogP contribution in [0.2, 0.25) is 0 Å². The number of hydrogen-bond acceptors (Lipinski definition) is 1. The molecule has 0 saturated heterocycles. The van der Waals surface area contributed by atoms with E-state index in [-0.39, 0.29) is 0 Å². The Morgan fingerprint density at radius 1 is 0.333 bits per heavy atom. The van der Waals surface area contributed by atoms with E-state index in [4.69, 9.17) is 4.74 Å². The van der Waals surface area contributed by atoms with E-state index in [0.717, 1.165) is 33.8 Å². The van der Waals surface area contributed by atoms with Crippen LogP contribution in [0.3, 0.4) is 0 Å². The van der Waals surface area contributed by atoms with Crippen molar-refractivity contribution in [3.05, 3.63) is 216 Å². The first-order valence-electron chi connectivity index (χ1n) is 16.5. The third kappa shape index (κ3) is 4.55. The highest BCUT2D eigenvalue weighted by atomic mass is 16.5. The molecule has 8 aromatic rings. The number of hydrogen-bond donors (Lipinski definition) is 0. The lowest BCUT2D eigenvalue weighted by molar-refractivity contribution is 0.435. The zero-order valence-electron chi connectivity index (χ0n) is 26.4. The fourth-order valence-electron chi connectivity index (χ4n) is 7.56. The van der Waals surface area contributed by atoms with Crippen molar-refractivity contribution < 1.29 is 4.74 Å². The van der Waals surface area contributed by atoms with Gasteiger partial charge in [0.1, 0.15) is 11.5 Å². The van der Waals surface area contributed by atoms with Gasteiger partial charge in [0.15, 0.2) is 0 Å². The van der Waals surface area contributed by atoms with E-state index < -0.39 is 5.41 Å². The van der Waals surface area contributed by atoms with Gasteiger partial charge >= 0.3 is 0 Å². The molecule has 1 heterocycles. The van der Waals surface area contributed by atoms with Gasteiger partial charge in [-0.15, -0.1) is 0 Å². The first-order chi connectivity index (χ1) is 23.8. The lowest BCUT2D eigenvalue weighted by Gasteiger charge is -2.41. The quantitative estimate of drug-likeness (QED) is 0.188. The van der Waals surface area contributed by atoms with Gasteiger partial charge in [-0.25, -0.2) is 0 Å². The molecule has 1 aliphatic rings. The summed E-state index contributed by atoms with van der Waals surface area (Å²) in [6.45, 7) is 0. The molecule has 0 aliphatic carbocycles. The molecule has 0 saturated carbocycles. The van der Waals surface area contributed by atoms with Crippen LogP contribution in [0.5, 0.6) is 11.5 Å². The first kappa shape index (κ1) is 28.1. The molecule has 48 heavy (non-hydrogen) atoms.